The van der Waals surface area contributed by atoms with Crippen molar-refractivity contribution in [2.24, 2.45) is 0 Å². The monoisotopic (exact) mass is 526 g/mol. The van der Waals surface area contributed by atoms with Crippen molar-refractivity contribution in [3.8, 4) is 11.5 Å². The summed E-state index contributed by atoms with van der Waals surface area (Å²) in [5.41, 5.74) is 0.981. The summed E-state index contributed by atoms with van der Waals surface area (Å²) in [5.74, 6) is 1.31. The van der Waals surface area contributed by atoms with Gasteiger partial charge >= 0.3 is 186 Å². The Morgan fingerprint density at radius 2 is 1.60 bits per heavy atom. The Bertz CT molecular complexity index is 679. The Morgan fingerprint density at radius 3 is 2.17 bits per heavy atom. The maximum absolute atomic E-state index is 13.3. The number of benzene rings is 1. The standard InChI is InChI=1S/C12H11O5.3C4H9.Sn/c1-14-7-17-12(13)5-3-9-2-4-10-11(6-9)16-8-15-10;3*1-3-4-2;/h2-4,6H,7-8H2,1H3;3*1,3-4H2,2H3;. The summed E-state index contributed by atoms with van der Waals surface area (Å²) >= 11 is -3.00. The number of unbranched alkanes of at least 4 members (excludes halogenated alkanes) is 3. The van der Waals surface area contributed by atoms with Gasteiger partial charge < -0.3 is 0 Å². The predicted molar refractivity (Wildman–Crippen MR) is 123 cm³/mol. The summed E-state index contributed by atoms with van der Waals surface area (Å²) in [6.07, 6.45) is 9.10. The van der Waals surface area contributed by atoms with Gasteiger partial charge in [0.2, 0.25) is 0 Å². The number of ether oxygens (including phenoxy) is 4. The van der Waals surface area contributed by atoms with Crippen molar-refractivity contribution < 1.29 is 23.7 Å². The van der Waals surface area contributed by atoms with Gasteiger partial charge in [-0.05, 0) is 0 Å². The van der Waals surface area contributed by atoms with Gasteiger partial charge in [-0.1, -0.05) is 0 Å². The second kappa shape index (κ2) is 13.3. The number of carbonyl (C=O) groups excluding carboxylic acids is 1. The van der Waals surface area contributed by atoms with Crippen LogP contribution in [0.5, 0.6) is 11.5 Å². The van der Waals surface area contributed by atoms with E-state index in [2.05, 4.69) is 26.8 Å². The van der Waals surface area contributed by atoms with Crippen LogP contribution in [0.3, 0.4) is 0 Å². The maximum atomic E-state index is 13.3. The molecule has 6 heteroatoms. The molecule has 0 spiro atoms. The molecule has 1 aromatic rings. The molecule has 0 fully saturated rings. The summed E-state index contributed by atoms with van der Waals surface area (Å²) in [6, 6.07) is 5.91. The zero-order valence-corrected chi connectivity index (χ0v) is 22.0. The number of carbonyl (C=O) groups is 1. The molecule has 1 aliphatic heterocycles. The van der Waals surface area contributed by atoms with Crippen molar-refractivity contribution in [1.82, 2.24) is 0 Å². The van der Waals surface area contributed by atoms with Crippen LogP contribution in [0, 0.1) is 0 Å². The molecule has 168 valence electrons. The van der Waals surface area contributed by atoms with Gasteiger partial charge in [0, 0.05) is 0 Å². The second-order valence-corrected chi connectivity index (χ2v) is 21.2. The van der Waals surface area contributed by atoms with E-state index in [0.29, 0.717) is 0 Å². The zero-order valence-electron chi connectivity index (χ0n) is 19.1. The summed E-state index contributed by atoms with van der Waals surface area (Å²) in [7, 11) is 1.55. The number of hydrogen-bond donors (Lipinski definition) is 0. The van der Waals surface area contributed by atoms with Crippen molar-refractivity contribution in [1.29, 1.82) is 0 Å². The van der Waals surface area contributed by atoms with Gasteiger partial charge in [0.15, 0.2) is 0 Å². The first kappa shape index (κ1) is 25.1. The van der Waals surface area contributed by atoms with Crippen LogP contribution in [0.1, 0.15) is 64.9 Å². The number of esters is 1. The van der Waals surface area contributed by atoms with Crippen LogP contribution < -0.4 is 9.47 Å². The van der Waals surface area contributed by atoms with Crippen molar-refractivity contribution in [3.63, 3.8) is 0 Å². The first-order valence-corrected chi connectivity index (χ1v) is 18.9. The van der Waals surface area contributed by atoms with E-state index in [0.717, 1.165) is 39.9 Å². The molecule has 2 rings (SSSR count). The molecule has 0 bridgehead atoms. The van der Waals surface area contributed by atoms with E-state index in [-0.39, 0.29) is 19.6 Å². The average Bonchev–Trinajstić information content (AvgIpc) is 3.23. The SMILES string of the molecule is CCC[CH2][Sn]([CH2]CCC)([CH2]CCC)/[C](=C/c1ccc2c(c1)OCO2)C(=O)OCOC. The molecule has 0 amide bonds. The Balaban J connectivity index is 2.50. The third-order valence-corrected chi connectivity index (χ3v) is 21.3. The third kappa shape index (κ3) is 6.91. The van der Waals surface area contributed by atoms with E-state index in [9.17, 15) is 4.79 Å². The molecule has 1 heterocycles. The van der Waals surface area contributed by atoms with Crippen LogP contribution in [0.4, 0.5) is 0 Å². The van der Waals surface area contributed by atoms with E-state index < -0.39 is 18.4 Å². The number of rotatable bonds is 14. The van der Waals surface area contributed by atoms with Gasteiger partial charge in [0.25, 0.3) is 0 Å². The van der Waals surface area contributed by atoms with Crippen LogP contribution in [-0.4, -0.2) is 45.0 Å². The molecule has 0 saturated heterocycles. The molecular weight excluding hydrogens is 487 g/mol. The van der Waals surface area contributed by atoms with Gasteiger partial charge in [-0.3, -0.25) is 0 Å². The van der Waals surface area contributed by atoms with Crippen molar-refractivity contribution in [2.75, 3.05) is 20.7 Å². The van der Waals surface area contributed by atoms with E-state index in [1.165, 1.54) is 32.6 Å². The zero-order chi connectivity index (χ0) is 21.8. The van der Waals surface area contributed by atoms with E-state index in [1.54, 1.807) is 7.11 Å². The van der Waals surface area contributed by atoms with Gasteiger partial charge in [0.1, 0.15) is 0 Å². The van der Waals surface area contributed by atoms with Crippen molar-refractivity contribution in [3.05, 3.63) is 27.4 Å². The number of fused-ring (bicyclic) bond motifs is 1. The van der Waals surface area contributed by atoms with Crippen molar-refractivity contribution in [2.45, 2.75) is 72.6 Å². The van der Waals surface area contributed by atoms with E-state index in [1.807, 2.05) is 18.2 Å². The normalized spacial score (nSPS) is 13.5. The van der Waals surface area contributed by atoms with Crippen LogP contribution in [-0.2, 0) is 14.3 Å². The number of methoxy groups -OCH3 is 1. The van der Waals surface area contributed by atoms with Crippen LogP contribution >= 0.6 is 0 Å². The molecule has 0 radical (unpaired) electrons. The molecule has 5 nitrogen and oxygen atoms in total. The molecule has 1 aromatic carbocycles. The summed E-state index contributed by atoms with van der Waals surface area (Å²) in [4.78, 5) is 13.3. The van der Waals surface area contributed by atoms with Gasteiger partial charge in [0.05, 0.1) is 0 Å². The fraction of sp³-hybridized carbons (Fsp3) is 0.625. The Morgan fingerprint density at radius 1 is 1.00 bits per heavy atom. The molecular formula is C24H38O5Sn. The molecule has 1 aliphatic rings. The third-order valence-electron chi connectivity index (χ3n) is 5.83. The van der Waals surface area contributed by atoms with E-state index in [4.69, 9.17) is 18.9 Å². The minimum atomic E-state index is -3.00. The summed E-state index contributed by atoms with van der Waals surface area (Å²) in [6.45, 7) is 6.95. The first-order chi connectivity index (χ1) is 14.6. The molecule has 0 aliphatic carbocycles. The predicted octanol–water partition coefficient (Wildman–Crippen LogP) is 6.33. The molecule has 0 unspecified atom stereocenters. The van der Waals surface area contributed by atoms with Gasteiger partial charge in [-0.15, -0.1) is 0 Å². The van der Waals surface area contributed by atoms with E-state index >= 15 is 0 Å². The summed E-state index contributed by atoms with van der Waals surface area (Å²) in [5, 5.41) is 0. The Kier molecular flexibility index (Phi) is 11.1. The molecule has 30 heavy (non-hydrogen) atoms. The second-order valence-electron chi connectivity index (χ2n) is 8.10. The average molecular weight is 525 g/mol. The fourth-order valence-corrected chi connectivity index (χ4v) is 20.2. The molecule has 0 aromatic heterocycles. The fourth-order valence-electron chi connectivity index (χ4n) is 4.11. The van der Waals surface area contributed by atoms with Crippen LogP contribution in [0.15, 0.2) is 21.8 Å². The molecule has 0 N–H and O–H groups in total. The van der Waals surface area contributed by atoms with Crippen LogP contribution in [0.2, 0.25) is 13.3 Å². The Labute approximate surface area is 186 Å². The van der Waals surface area contributed by atoms with Gasteiger partial charge in [-0.25, -0.2) is 0 Å². The molecule has 0 atom stereocenters. The molecule has 0 saturated carbocycles. The van der Waals surface area contributed by atoms with Gasteiger partial charge in [-0.2, -0.15) is 0 Å². The summed E-state index contributed by atoms with van der Waals surface area (Å²) < 4.78 is 26.1. The minimum absolute atomic E-state index is 0.00536. The first-order valence-electron chi connectivity index (χ1n) is 11.4. The van der Waals surface area contributed by atoms with Crippen molar-refractivity contribution >= 4 is 30.4 Å². The quantitative estimate of drug-likeness (QED) is 0.123. The van der Waals surface area contributed by atoms with Crippen LogP contribution in [0.25, 0.3) is 6.08 Å². The number of hydrogen-bond acceptors (Lipinski definition) is 5. The topological polar surface area (TPSA) is 54.0 Å². The Hall–Kier alpha value is -1.21.